The van der Waals surface area contributed by atoms with Crippen LogP contribution in [0.2, 0.25) is 0 Å². The minimum atomic E-state index is -0.123. The van der Waals surface area contributed by atoms with Gasteiger partial charge < -0.3 is 4.90 Å². The maximum atomic E-state index is 13.3. The Kier molecular flexibility index (Phi) is 5.19. The van der Waals surface area contributed by atoms with Gasteiger partial charge in [0.2, 0.25) is 5.91 Å². The quantitative estimate of drug-likeness (QED) is 0.620. The lowest BCUT2D eigenvalue weighted by Gasteiger charge is -2.44. The predicted molar refractivity (Wildman–Crippen MR) is 121 cm³/mol. The summed E-state index contributed by atoms with van der Waals surface area (Å²) in [6.45, 7) is 2.94. The van der Waals surface area contributed by atoms with Crippen molar-refractivity contribution in [2.45, 2.75) is 58.0 Å². The van der Waals surface area contributed by atoms with Crippen LogP contribution in [-0.4, -0.2) is 32.9 Å². The molecular formula is C24H27N3O2S. The third kappa shape index (κ3) is 3.47. The van der Waals surface area contributed by atoms with Gasteiger partial charge in [0.15, 0.2) is 0 Å². The van der Waals surface area contributed by atoms with Gasteiger partial charge in [0, 0.05) is 23.5 Å². The Hall–Kier alpha value is -2.47. The van der Waals surface area contributed by atoms with Gasteiger partial charge in [-0.25, -0.2) is 4.98 Å². The second kappa shape index (κ2) is 7.99. The summed E-state index contributed by atoms with van der Waals surface area (Å²) in [5.41, 5.74) is 2.97. The average Bonchev–Trinajstić information content (AvgIpc) is 3.20. The van der Waals surface area contributed by atoms with Crippen molar-refractivity contribution in [2.75, 3.05) is 6.54 Å². The lowest BCUT2D eigenvalue weighted by molar-refractivity contribution is -0.138. The third-order valence-electron chi connectivity index (χ3n) is 6.79. The molecule has 0 unspecified atom stereocenters. The number of likely N-dealkylation sites (tertiary alicyclic amines) is 1. The zero-order valence-electron chi connectivity index (χ0n) is 17.3. The number of hydrogen-bond donors (Lipinski definition) is 0. The van der Waals surface area contributed by atoms with Gasteiger partial charge in [-0.05, 0) is 44.1 Å². The fraction of sp³-hybridized carbons (Fsp3) is 0.458. The average molecular weight is 422 g/mol. The second-order valence-electron chi connectivity index (χ2n) is 8.71. The van der Waals surface area contributed by atoms with Crippen molar-refractivity contribution in [1.29, 1.82) is 0 Å². The van der Waals surface area contributed by atoms with E-state index < -0.39 is 0 Å². The molecule has 0 N–H and O–H groups in total. The van der Waals surface area contributed by atoms with Crippen LogP contribution in [0.5, 0.6) is 0 Å². The maximum absolute atomic E-state index is 13.3. The van der Waals surface area contributed by atoms with Crippen molar-refractivity contribution in [3.05, 3.63) is 51.9 Å². The first-order valence-corrected chi connectivity index (χ1v) is 11.8. The van der Waals surface area contributed by atoms with E-state index in [4.69, 9.17) is 0 Å². The Morgan fingerprint density at radius 1 is 1.13 bits per heavy atom. The number of aromatic nitrogens is 2. The summed E-state index contributed by atoms with van der Waals surface area (Å²) in [6, 6.07) is 8.53. The van der Waals surface area contributed by atoms with Gasteiger partial charge in [0.25, 0.3) is 5.56 Å². The Morgan fingerprint density at radius 3 is 2.73 bits per heavy atom. The summed E-state index contributed by atoms with van der Waals surface area (Å²) in [4.78, 5) is 33.8. The molecule has 2 aromatic heterocycles. The van der Waals surface area contributed by atoms with Crippen LogP contribution in [0.25, 0.3) is 21.3 Å². The molecule has 0 radical (unpaired) electrons. The lowest BCUT2D eigenvalue weighted by Crippen LogP contribution is -2.51. The summed E-state index contributed by atoms with van der Waals surface area (Å²) in [5.74, 6) is 0.695. The number of rotatable bonds is 3. The fourth-order valence-corrected chi connectivity index (χ4v) is 6.10. The molecule has 0 bridgehead atoms. The molecule has 1 aromatic carbocycles. The number of amides is 1. The zero-order valence-corrected chi connectivity index (χ0v) is 18.2. The number of carbonyl (C=O) groups excluding carboxylic acids is 1. The Bertz CT molecular complexity index is 1130. The molecule has 0 spiro atoms. The molecule has 3 heterocycles. The smallest absolute Gasteiger partial charge is 0.263 e. The molecule has 5 rings (SSSR count). The van der Waals surface area contributed by atoms with Crippen molar-refractivity contribution >= 4 is 27.5 Å². The van der Waals surface area contributed by atoms with Crippen LogP contribution >= 0.6 is 11.3 Å². The third-order valence-corrected chi connectivity index (χ3v) is 7.68. The standard InChI is InChI=1S/C24H27N3O2S/c1-16-8-10-17(11-9-16)19-14-30-23-22(19)24(29)26(15-25-23)13-21(28)27-12-4-6-18-5-2-3-7-20(18)27/h8-11,14-15,18,20H,2-7,12-13H2,1H3/t18-,20+/m0/s1. The lowest BCUT2D eigenvalue weighted by atomic mass is 9.78. The number of aryl methyl sites for hydroxylation is 1. The van der Waals surface area contributed by atoms with E-state index in [1.807, 2.05) is 36.6 Å². The molecule has 1 aliphatic heterocycles. The van der Waals surface area contributed by atoms with Gasteiger partial charge >= 0.3 is 0 Å². The summed E-state index contributed by atoms with van der Waals surface area (Å²) in [7, 11) is 0. The molecule has 2 aliphatic rings. The number of benzene rings is 1. The fourth-order valence-electron chi connectivity index (χ4n) is 5.20. The van der Waals surface area contributed by atoms with E-state index in [1.54, 1.807) is 6.33 Å². The maximum Gasteiger partial charge on any atom is 0.263 e. The number of fused-ring (bicyclic) bond motifs is 2. The number of piperidine rings is 1. The normalized spacial score (nSPS) is 21.6. The highest BCUT2D eigenvalue weighted by Gasteiger charge is 2.35. The van der Waals surface area contributed by atoms with E-state index in [0.717, 1.165) is 35.3 Å². The number of thiophene rings is 1. The predicted octanol–water partition coefficient (Wildman–Crippen LogP) is 4.61. The highest BCUT2D eigenvalue weighted by Crippen LogP contribution is 2.35. The molecule has 1 amide bonds. The molecule has 6 heteroatoms. The number of carbonyl (C=O) groups is 1. The molecule has 2 fully saturated rings. The summed E-state index contributed by atoms with van der Waals surface area (Å²) in [6.07, 6.45) is 8.66. The monoisotopic (exact) mass is 421 g/mol. The van der Waals surface area contributed by atoms with Gasteiger partial charge in [-0.3, -0.25) is 14.2 Å². The van der Waals surface area contributed by atoms with Gasteiger partial charge in [-0.1, -0.05) is 42.7 Å². The van der Waals surface area contributed by atoms with Crippen molar-refractivity contribution in [3.8, 4) is 11.1 Å². The molecule has 1 saturated heterocycles. The van der Waals surface area contributed by atoms with E-state index in [1.165, 1.54) is 47.2 Å². The van der Waals surface area contributed by atoms with Crippen LogP contribution in [0.4, 0.5) is 0 Å². The first-order valence-electron chi connectivity index (χ1n) is 10.9. The van der Waals surface area contributed by atoms with Gasteiger partial charge in [0.05, 0.1) is 11.7 Å². The molecule has 1 saturated carbocycles. The van der Waals surface area contributed by atoms with E-state index in [2.05, 4.69) is 9.88 Å². The highest BCUT2D eigenvalue weighted by molar-refractivity contribution is 7.17. The SMILES string of the molecule is Cc1ccc(-c2csc3ncn(CC(=O)N4CCC[C@@H]5CCCC[C@H]54)c(=O)c23)cc1. The largest absolute Gasteiger partial charge is 0.338 e. The minimum Gasteiger partial charge on any atom is -0.338 e. The van der Waals surface area contributed by atoms with Crippen LogP contribution < -0.4 is 5.56 Å². The molecule has 5 nitrogen and oxygen atoms in total. The molecular weight excluding hydrogens is 394 g/mol. The van der Waals surface area contributed by atoms with Crippen LogP contribution in [0.3, 0.4) is 0 Å². The minimum absolute atomic E-state index is 0.0574. The molecule has 30 heavy (non-hydrogen) atoms. The van der Waals surface area contributed by atoms with Crippen molar-refractivity contribution in [3.63, 3.8) is 0 Å². The molecule has 3 aromatic rings. The van der Waals surface area contributed by atoms with E-state index >= 15 is 0 Å². The van der Waals surface area contributed by atoms with Crippen LogP contribution in [0.15, 0.2) is 40.8 Å². The van der Waals surface area contributed by atoms with Gasteiger partial charge in [-0.15, -0.1) is 11.3 Å². The van der Waals surface area contributed by atoms with Crippen molar-refractivity contribution in [1.82, 2.24) is 14.5 Å². The molecule has 156 valence electrons. The molecule has 1 aliphatic carbocycles. The van der Waals surface area contributed by atoms with Crippen molar-refractivity contribution < 1.29 is 4.79 Å². The topological polar surface area (TPSA) is 55.2 Å². The first-order chi connectivity index (χ1) is 14.6. The number of nitrogens with zero attached hydrogens (tertiary/aromatic N) is 3. The van der Waals surface area contributed by atoms with Crippen LogP contribution in [-0.2, 0) is 11.3 Å². The van der Waals surface area contributed by atoms with Crippen molar-refractivity contribution in [2.24, 2.45) is 5.92 Å². The molecule has 2 atom stereocenters. The van der Waals surface area contributed by atoms with E-state index in [0.29, 0.717) is 17.3 Å². The van der Waals surface area contributed by atoms with Crippen LogP contribution in [0.1, 0.15) is 44.1 Å². The Balaban J connectivity index is 1.45. The van der Waals surface area contributed by atoms with Gasteiger partial charge in [0.1, 0.15) is 11.4 Å². The number of hydrogen-bond acceptors (Lipinski definition) is 4. The zero-order chi connectivity index (χ0) is 20.7. The Morgan fingerprint density at radius 2 is 1.90 bits per heavy atom. The summed E-state index contributed by atoms with van der Waals surface area (Å²) < 4.78 is 1.50. The first kappa shape index (κ1) is 19.5. The summed E-state index contributed by atoms with van der Waals surface area (Å²) >= 11 is 1.48. The van der Waals surface area contributed by atoms with E-state index in [9.17, 15) is 9.59 Å². The van der Waals surface area contributed by atoms with E-state index in [-0.39, 0.29) is 18.0 Å². The Labute approximate surface area is 180 Å². The van der Waals surface area contributed by atoms with Gasteiger partial charge in [-0.2, -0.15) is 0 Å². The highest BCUT2D eigenvalue weighted by atomic mass is 32.1. The second-order valence-corrected chi connectivity index (χ2v) is 9.57. The summed E-state index contributed by atoms with van der Waals surface area (Å²) in [5, 5.41) is 2.61. The van der Waals surface area contributed by atoms with Crippen LogP contribution in [0, 0.1) is 12.8 Å².